The van der Waals surface area contributed by atoms with Gasteiger partial charge in [-0.3, -0.25) is 14.0 Å². The van der Waals surface area contributed by atoms with Crippen molar-refractivity contribution in [1.29, 1.82) is 0 Å². The maximum atomic E-state index is 13.6. The lowest BCUT2D eigenvalue weighted by molar-refractivity contribution is -0.671. The van der Waals surface area contributed by atoms with Crippen LogP contribution in [0.4, 0.5) is 5.69 Å². The van der Waals surface area contributed by atoms with Crippen molar-refractivity contribution in [2.75, 3.05) is 10.8 Å². The second-order valence-electron chi connectivity index (χ2n) is 9.25. The molecule has 4 heterocycles. The standard InChI is InChI=1S/C24H22N4O6S2/c1-13(29)19-22(30)28-21(24(31)32)17(35-23(19)28)11-27-16-5-3-4-15-14(10-26-9-8-25(2)12-26)6-7-18(20(15)16)36(27,33)34/h3-9,12-13,19,23,29H,10-11H2,1-2H3/p+1/t13-,19?,23?/m0/s1. The molecule has 3 aromatic rings. The molecular weight excluding hydrogens is 504 g/mol. The summed E-state index contributed by atoms with van der Waals surface area (Å²) in [5, 5.41) is 20.7. The smallest absolute Gasteiger partial charge is 0.353 e. The fourth-order valence-electron chi connectivity index (χ4n) is 5.28. The molecule has 2 aromatic carbocycles. The molecule has 0 spiro atoms. The Labute approximate surface area is 211 Å². The van der Waals surface area contributed by atoms with E-state index >= 15 is 0 Å². The van der Waals surface area contributed by atoms with E-state index in [1.807, 2.05) is 47.0 Å². The van der Waals surface area contributed by atoms with E-state index < -0.39 is 39.3 Å². The minimum Gasteiger partial charge on any atom is -0.477 e. The monoisotopic (exact) mass is 527 g/mol. The molecule has 36 heavy (non-hydrogen) atoms. The molecule has 0 saturated carbocycles. The highest BCUT2D eigenvalue weighted by Gasteiger charge is 2.58. The first kappa shape index (κ1) is 23.1. The van der Waals surface area contributed by atoms with Gasteiger partial charge in [-0.25, -0.2) is 22.3 Å². The Morgan fingerprint density at radius 1 is 1.22 bits per heavy atom. The number of imidazole rings is 1. The highest BCUT2D eigenvalue weighted by Crippen LogP contribution is 2.52. The number of benzene rings is 2. The second kappa shape index (κ2) is 7.82. The Balaban J connectivity index is 1.41. The first-order valence-electron chi connectivity index (χ1n) is 11.3. The third kappa shape index (κ3) is 3.14. The number of nitrogens with zero attached hydrogens (tertiary/aromatic N) is 4. The number of amides is 1. The van der Waals surface area contributed by atoms with Crippen LogP contribution in [-0.4, -0.2) is 58.0 Å². The molecule has 10 nitrogen and oxygen atoms in total. The van der Waals surface area contributed by atoms with Crippen molar-refractivity contribution in [3.63, 3.8) is 0 Å². The second-order valence-corrected chi connectivity index (χ2v) is 12.3. The molecule has 3 atom stereocenters. The lowest BCUT2D eigenvalue weighted by Gasteiger charge is -2.43. The number of carbonyl (C=O) groups is 2. The largest absolute Gasteiger partial charge is 0.477 e. The molecule has 2 N–H and O–H groups in total. The summed E-state index contributed by atoms with van der Waals surface area (Å²) >= 11 is 1.13. The molecule has 3 aliphatic heterocycles. The van der Waals surface area contributed by atoms with Crippen LogP contribution in [0.15, 0.2) is 64.6 Å². The summed E-state index contributed by atoms with van der Waals surface area (Å²) in [5.41, 5.74) is 1.22. The number of β-lactam (4-membered cyclic amide) rings is 1. The summed E-state index contributed by atoms with van der Waals surface area (Å²) < 4.78 is 32.4. The molecule has 0 radical (unpaired) electrons. The summed E-state index contributed by atoms with van der Waals surface area (Å²) in [5.74, 6) is -2.49. The number of aliphatic carboxylic acids is 1. The molecule has 2 unspecified atom stereocenters. The minimum atomic E-state index is -3.95. The average Bonchev–Trinajstić information content (AvgIpc) is 3.43. The van der Waals surface area contributed by atoms with Crippen LogP contribution in [0.5, 0.6) is 0 Å². The van der Waals surface area contributed by atoms with Gasteiger partial charge in [0.2, 0.25) is 12.2 Å². The van der Waals surface area contributed by atoms with Gasteiger partial charge in [0.1, 0.15) is 30.0 Å². The van der Waals surface area contributed by atoms with E-state index in [4.69, 9.17) is 0 Å². The van der Waals surface area contributed by atoms with Gasteiger partial charge >= 0.3 is 5.97 Å². The van der Waals surface area contributed by atoms with E-state index in [2.05, 4.69) is 0 Å². The number of aliphatic hydroxyl groups is 1. The molecule has 12 heteroatoms. The summed E-state index contributed by atoms with van der Waals surface area (Å²) in [6, 6.07) is 8.82. The number of carbonyl (C=O) groups excluding carboxylic acids is 1. The number of hydrogen-bond donors (Lipinski definition) is 2. The summed E-state index contributed by atoms with van der Waals surface area (Å²) in [4.78, 5) is 26.2. The predicted octanol–water partition coefficient (Wildman–Crippen LogP) is 1.23. The number of aliphatic hydroxyl groups excluding tert-OH is 1. The van der Waals surface area contributed by atoms with Crippen LogP contribution in [0.3, 0.4) is 0 Å². The molecule has 1 aromatic heterocycles. The molecule has 1 fully saturated rings. The molecule has 0 aliphatic carbocycles. The number of aromatic nitrogens is 2. The van der Waals surface area contributed by atoms with Crippen LogP contribution in [0.25, 0.3) is 10.8 Å². The number of hydrogen-bond acceptors (Lipinski definition) is 6. The van der Waals surface area contributed by atoms with E-state index in [0.29, 0.717) is 17.6 Å². The van der Waals surface area contributed by atoms with Crippen molar-refractivity contribution in [2.24, 2.45) is 13.0 Å². The van der Waals surface area contributed by atoms with Gasteiger partial charge in [0.15, 0.2) is 0 Å². The number of fused-ring (bicyclic) bond motifs is 1. The van der Waals surface area contributed by atoms with Crippen molar-refractivity contribution < 1.29 is 32.8 Å². The van der Waals surface area contributed by atoms with Crippen LogP contribution < -0.4 is 8.87 Å². The third-order valence-corrected chi connectivity index (χ3v) is 10.1. The molecule has 1 amide bonds. The van der Waals surface area contributed by atoms with Gasteiger partial charge in [0.05, 0.1) is 36.2 Å². The number of carboxylic acid groups (broad SMARTS) is 1. The normalized spacial score (nSPS) is 22.8. The quantitative estimate of drug-likeness (QED) is 0.365. The van der Waals surface area contributed by atoms with Crippen LogP contribution in [0.2, 0.25) is 0 Å². The number of anilines is 1. The molecule has 0 bridgehead atoms. The van der Waals surface area contributed by atoms with E-state index in [-0.39, 0.29) is 22.0 Å². The first-order valence-corrected chi connectivity index (χ1v) is 13.6. The van der Waals surface area contributed by atoms with Crippen molar-refractivity contribution in [2.45, 2.75) is 29.8 Å². The third-order valence-electron chi connectivity index (χ3n) is 6.95. The number of carboxylic acids is 1. The van der Waals surface area contributed by atoms with Crippen molar-refractivity contribution >= 4 is 50.1 Å². The van der Waals surface area contributed by atoms with E-state index in [9.17, 15) is 28.2 Å². The maximum absolute atomic E-state index is 13.6. The van der Waals surface area contributed by atoms with Gasteiger partial charge in [-0.05, 0) is 24.4 Å². The number of rotatable bonds is 6. The van der Waals surface area contributed by atoms with Gasteiger partial charge in [0.25, 0.3) is 10.0 Å². The zero-order valence-corrected chi connectivity index (χ0v) is 21.0. The number of aryl methyl sites for hydroxylation is 1. The van der Waals surface area contributed by atoms with Gasteiger partial charge in [-0.2, -0.15) is 0 Å². The van der Waals surface area contributed by atoms with Crippen molar-refractivity contribution in [3.05, 3.63) is 65.2 Å². The highest BCUT2D eigenvalue weighted by atomic mass is 32.2. The van der Waals surface area contributed by atoms with Crippen molar-refractivity contribution in [3.8, 4) is 0 Å². The summed E-state index contributed by atoms with van der Waals surface area (Å²) in [7, 11) is -2.02. The highest BCUT2D eigenvalue weighted by molar-refractivity contribution is 8.04. The van der Waals surface area contributed by atoms with Crippen LogP contribution in [0.1, 0.15) is 12.5 Å². The van der Waals surface area contributed by atoms with E-state index in [0.717, 1.165) is 27.6 Å². The summed E-state index contributed by atoms with van der Waals surface area (Å²) in [6.07, 6.45) is 4.87. The van der Waals surface area contributed by atoms with Crippen LogP contribution in [0, 0.1) is 5.92 Å². The Morgan fingerprint density at radius 3 is 2.67 bits per heavy atom. The fourth-order valence-corrected chi connectivity index (χ4v) is 8.62. The summed E-state index contributed by atoms with van der Waals surface area (Å²) in [6.45, 7) is 1.84. The Morgan fingerprint density at radius 2 is 2.00 bits per heavy atom. The molecule has 1 saturated heterocycles. The number of sulfonamides is 1. The lowest BCUT2D eigenvalue weighted by atomic mass is 9.92. The maximum Gasteiger partial charge on any atom is 0.353 e. The zero-order valence-electron chi connectivity index (χ0n) is 19.4. The molecule has 3 aliphatic rings. The van der Waals surface area contributed by atoms with Crippen molar-refractivity contribution in [1.82, 2.24) is 9.47 Å². The van der Waals surface area contributed by atoms with Gasteiger partial charge in [-0.15, -0.1) is 0 Å². The lowest BCUT2D eigenvalue weighted by Crippen LogP contribution is -2.60. The van der Waals surface area contributed by atoms with E-state index in [1.54, 1.807) is 18.2 Å². The van der Waals surface area contributed by atoms with Crippen LogP contribution in [-0.2, 0) is 33.2 Å². The molecular formula is C24H23N4O6S2+. The Kier molecular flexibility index (Phi) is 5.01. The van der Waals surface area contributed by atoms with Gasteiger partial charge in [0, 0.05) is 15.9 Å². The minimum absolute atomic E-state index is 0.177. The molecule has 6 rings (SSSR count). The molecule has 186 valence electrons. The first-order chi connectivity index (χ1) is 17.1. The fraction of sp³-hybridized carbons (Fsp3) is 0.292. The van der Waals surface area contributed by atoms with Crippen LogP contribution >= 0.6 is 11.8 Å². The predicted molar refractivity (Wildman–Crippen MR) is 131 cm³/mol. The topological polar surface area (TPSA) is 124 Å². The zero-order chi connectivity index (χ0) is 25.5. The van der Waals surface area contributed by atoms with E-state index in [1.165, 1.54) is 11.2 Å². The Bertz CT molecular complexity index is 1610. The Hall–Kier alpha value is -3.35. The average molecular weight is 528 g/mol. The number of thioether (sulfide) groups is 1. The van der Waals surface area contributed by atoms with Gasteiger partial charge < -0.3 is 10.2 Å². The van der Waals surface area contributed by atoms with Gasteiger partial charge in [-0.1, -0.05) is 30.0 Å². The SMILES string of the molecule is C[C@H](O)C1C(=O)N2C(C(=O)O)=C(CN3c4cccc5c(Cn6cc[n+](C)c6)ccc(c45)S3(=O)=O)SC12.